The molecule has 1 aliphatic rings. The highest BCUT2D eigenvalue weighted by Crippen LogP contribution is 2.25. The zero-order valence-electron chi connectivity index (χ0n) is 17.5. The quantitative estimate of drug-likeness (QED) is 0.245. The van der Waals surface area contributed by atoms with Gasteiger partial charge in [-0.25, -0.2) is 0 Å². The topological polar surface area (TPSA) is 21.6 Å². The van der Waals surface area contributed by atoms with Crippen molar-refractivity contribution in [1.29, 1.82) is 0 Å². The molecule has 0 aliphatic heterocycles. The number of nitrogens with zero attached hydrogens (tertiary/aromatic N) is 1. The Hall–Kier alpha value is -1.65. The van der Waals surface area contributed by atoms with E-state index < -0.39 is 0 Å². The second-order valence-corrected chi connectivity index (χ2v) is 9.42. The summed E-state index contributed by atoms with van der Waals surface area (Å²) in [6.07, 6.45) is 8.62. The first-order valence-electron chi connectivity index (χ1n) is 10.5. The number of rotatable bonds is 8. The van der Waals surface area contributed by atoms with Gasteiger partial charge in [0.1, 0.15) is 0 Å². The fourth-order valence-corrected chi connectivity index (χ4v) is 4.75. The molecule has 1 aliphatic carbocycles. The lowest BCUT2D eigenvalue weighted by Gasteiger charge is -2.21. The summed E-state index contributed by atoms with van der Waals surface area (Å²) in [7, 11) is 0. The van der Waals surface area contributed by atoms with Gasteiger partial charge in [-0.3, -0.25) is 0 Å². The van der Waals surface area contributed by atoms with Crippen molar-refractivity contribution in [3.05, 3.63) is 76.7 Å². The van der Waals surface area contributed by atoms with E-state index in [0.29, 0.717) is 5.92 Å². The Kier molecular flexibility index (Phi) is 9.23. The molecule has 2 nitrogen and oxygen atoms in total. The van der Waals surface area contributed by atoms with Gasteiger partial charge in [0, 0.05) is 28.7 Å². The Morgan fingerprint density at radius 1 is 1.03 bits per heavy atom. The molecule has 4 heteroatoms. The first-order chi connectivity index (χ1) is 14.2. The van der Waals surface area contributed by atoms with E-state index in [0.717, 1.165) is 23.2 Å². The Labute approximate surface area is 184 Å². The molecule has 2 aromatic rings. The molecule has 0 N–H and O–H groups in total. The highest BCUT2D eigenvalue weighted by Gasteiger charge is 2.14. The van der Waals surface area contributed by atoms with Crippen LogP contribution in [0.5, 0.6) is 0 Å². The largest absolute Gasteiger partial charge is 0.477 e. The summed E-state index contributed by atoms with van der Waals surface area (Å²) >= 11 is 3.27. The van der Waals surface area contributed by atoms with Crippen molar-refractivity contribution in [3.63, 3.8) is 0 Å². The van der Waals surface area contributed by atoms with Crippen molar-refractivity contribution in [1.82, 2.24) is 0 Å². The molecule has 1 fully saturated rings. The molecule has 0 amide bonds. The molecule has 1 saturated carbocycles. The maximum atomic E-state index is 6.13. The van der Waals surface area contributed by atoms with Crippen molar-refractivity contribution in [3.8, 4) is 0 Å². The molecule has 0 aromatic heterocycles. The van der Waals surface area contributed by atoms with E-state index in [9.17, 15) is 0 Å². The molecule has 0 radical (unpaired) electrons. The van der Waals surface area contributed by atoms with Crippen LogP contribution in [0.25, 0.3) is 0 Å². The Bertz CT molecular complexity index is 808. The van der Waals surface area contributed by atoms with E-state index in [1.807, 2.05) is 6.08 Å². The van der Waals surface area contributed by atoms with Gasteiger partial charge < -0.3 is 4.74 Å². The molecule has 0 spiro atoms. The Morgan fingerprint density at radius 3 is 2.55 bits per heavy atom. The van der Waals surface area contributed by atoms with Crippen LogP contribution in [0.3, 0.4) is 0 Å². The maximum Gasteiger partial charge on any atom is 0.221 e. The minimum absolute atomic E-state index is 0.673. The number of ether oxygens (including phenoxy) is 1. The van der Waals surface area contributed by atoms with Crippen LogP contribution >= 0.6 is 23.7 Å². The van der Waals surface area contributed by atoms with Crippen molar-refractivity contribution in [2.45, 2.75) is 56.6 Å². The lowest BCUT2D eigenvalue weighted by Crippen LogP contribution is -2.15. The Morgan fingerprint density at radius 2 is 1.79 bits per heavy atom. The lowest BCUT2D eigenvalue weighted by molar-refractivity contribution is 0.201. The van der Waals surface area contributed by atoms with Gasteiger partial charge in [0.25, 0.3) is 0 Å². The highest BCUT2D eigenvalue weighted by molar-refractivity contribution is 8.01. The minimum atomic E-state index is 0.673. The average Bonchev–Trinajstić information content (AvgIpc) is 2.75. The lowest BCUT2D eigenvalue weighted by atomic mass is 9.90. The summed E-state index contributed by atoms with van der Waals surface area (Å²) in [5, 5.41) is 2.11. The fourth-order valence-electron chi connectivity index (χ4n) is 3.37. The molecule has 0 saturated heterocycles. The van der Waals surface area contributed by atoms with Gasteiger partial charge in [0.05, 0.1) is 6.61 Å². The summed E-state index contributed by atoms with van der Waals surface area (Å²) < 4.78 is 10.8. The summed E-state index contributed by atoms with van der Waals surface area (Å²) in [6.45, 7) is 5.04. The third kappa shape index (κ3) is 7.94. The zero-order valence-corrected chi connectivity index (χ0v) is 19.1. The summed E-state index contributed by atoms with van der Waals surface area (Å²) in [4.78, 5) is 1.13. The van der Waals surface area contributed by atoms with E-state index in [1.54, 1.807) is 11.8 Å². The van der Waals surface area contributed by atoms with Crippen LogP contribution in [0.2, 0.25) is 0 Å². The van der Waals surface area contributed by atoms with E-state index in [1.165, 1.54) is 60.7 Å². The standard InChI is InChI=1S/C25H31NOS2/c1-20-12-14-24(15-13-20)29-26-25(27-18-22-9-4-3-5-10-22)16-17-28-19-23-11-7-6-8-21(23)2/h6-8,11-17,22H,3-5,9-10,18-19H2,1-2H3/b17-16+,26-25-. The fraction of sp³-hybridized carbons (Fsp3) is 0.400. The summed E-state index contributed by atoms with van der Waals surface area (Å²) in [5.41, 5.74) is 3.98. The molecule has 0 heterocycles. The van der Waals surface area contributed by atoms with Crippen molar-refractivity contribution in [2.24, 2.45) is 10.3 Å². The van der Waals surface area contributed by atoms with Crippen LogP contribution in [-0.2, 0) is 10.5 Å². The van der Waals surface area contributed by atoms with Crippen LogP contribution < -0.4 is 0 Å². The molecule has 154 valence electrons. The second-order valence-electron chi connectivity index (χ2n) is 7.69. The van der Waals surface area contributed by atoms with Crippen molar-refractivity contribution >= 4 is 29.6 Å². The van der Waals surface area contributed by atoms with Crippen LogP contribution in [-0.4, -0.2) is 12.5 Å². The van der Waals surface area contributed by atoms with Gasteiger partial charge >= 0.3 is 0 Å². The number of hydrogen-bond donors (Lipinski definition) is 0. The van der Waals surface area contributed by atoms with E-state index in [2.05, 4.69) is 72.2 Å². The highest BCUT2D eigenvalue weighted by atomic mass is 32.2. The van der Waals surface area contributed by atoms with E-state index >= 15 is 0 Å². The number of hydrogen-bond acceptors (Lipinski definition) is 4. The molecule has 0 bridgehead atoms. The summed E-state index contributed by atoms with van der Waals surface area (Å²) in [5.74, 6) is 2.36. The average molecular weight is 426 g/mol. The van der Waals surface area contributed by atoms with Gasteiger partial charge in [-0.1, -0.05) is 61.2 Å². The van der Waals surface area contributed by atoms with Gasteiger partial charge in [-0.2, -0.15) is 4.40 Å². The molecule has 2 aromatic carbocycles. The van der Waals surface area contributed by atoms with E-state index in [-0.39, 0.29) is 0 Å². The molecule has 29 heavy (non-hydrogen) atoms. The van der Waals surface area contributed by atoms with Gasteiger partial charge in [0.15, 0.2) is 0 Å². The first kappa shape index (κ1) is 22.0. The smallest absolute Gasteiger partial charge is 0.221 e. The minimum Gasteiger partial charge on any atom is -0.477 e. The van der Waals surface area contributed by atoms with Crippen LogP contribution in [0.4, 0.5) is 0 Å². The normalized spacial score (nSPS) is 15.7. The molecular formula is C25H31NOS2. The third-order valence-corrected chi connectivity index (χ3v) is 6.82. The van der Waals surface area contributed by atoms with Gasteiger partial charge in [0.2, 0.25) is 5.90 Å². The van der Waals surface area contributed by atoms with E-state index in [4.69, 9.17) is 4.74 Å². The third-order valence-electron chi connectivity index (χ3n) is 5.26. The predicted molar refractivity (Wildman–Crippen MR) is 129 cm³/mol. The number of thioether (sulfide) groups is 1. The van der Waals surface area contributed by atoms with Crippen LogP contribution in [0.1, 0.15) is 48.8 Å². The number of benzene rings is 2. The number of aryl methyl sites for hydroxylation is 2. The van der Waals surface area contributed by atoms with Crippen molar-refractivity contribution in [2.75, 3.05) is 6.61 Å². The summed E-state index contributed by atoms with van der Waals surface area (Å²) in [6, 6.07) is 17.0. The predicted octanol–water partition coefficient (Wildman–Crippen LogP) is 7.75. The molecule has 3 rings (SSSR count). The zero-order chi connectivity index (χ0) is 20.3. The van der Waals surface area contributed by atoms with Crippen LogP contribution in [0.15, 0.2) is 69.3 Å². The maximum absolute atomic E-state index is 6.13. The van der Waals surface area contributed by atoms with Gasteiger partial charge in [-0.15, -0.1) is 11.8 Å². The first-order valence-corrected chi connectivity index (χ1v) is 12.3. The molecule has 0 atom stereocenters. The van der Waals surface area contributed by atoms with Crippen LogP contribution in [0, 0.1) is 19.8 Å². The van der Waals surface area contributed by atoms with Crippen molar-refractivity contribution < 1.29 is 4.74 Å². The van der Waals surface area contributed by atoms with Gasteiger partial charge in [-0.05, 0) is 61.3 Å². The SMILES string of the molecule is Cc1ccc(S/N=C(/C=C/SCc2ccccc2C)OCC2CCCCC2)cc1. The molecular weight excluding hydrogens is 394 g/mol. The second kappa shape index (κ2) is 12.1. The monoisotopic (exact) mass is 425 g/mol. The molecule has 0 unspecified atom stereocenters. The Balaban J connectivity index is 1.58.